The van der Waals surface area contributed by atoms with Gasteiger partial charge in [0.25, 0.3) is 5.91 Å². The van der Waals surface area contributed by atoms with Gasteiger partial charge in [-0.2, -0.15) is 9.57 Å². The Kier molecular flexibility index (Phi) is 8.65. The molecule has 0 aliphatic carbocycles. The molecule has 2 aromatic carbocycles. The minimum Gasteiger partial charge on any atom is -0.452 e. The number of hydrogen-bond acceptors (Lipinski definition) is 6. The van der Waals surface area contributed by atoms with Crippen molar-refractivity contribution in [2.75, 3.05) is 31.1 Å². The van der Waals surface area contributed by atoms with E-state index in [2.05, 4.69) is 0 Å². The lowest BCUT2D eigenvalue weighted by Gasteiger charge is -2.26. The van der Waals surface area contributed by atoms with Crippen molar-refractivity contribution in [2.24, 2.45) is 0 Å². The van der Waals surface area contributed by atoms with E-state index in [-0.39, 0.29) is 23.4 Å². The van der Waals surface area contributed by atoms with Crippen molar-refractivity contribution in [2.45, 2.75) is 51.3 Å². The van der Waals surface area contributed by atoms with Gasteiger partial charge in [0.15, 0.2) is 6.61 Å². The third-order valence-electron chi connectivity index (χ3n) is 5.95. The maximum atomic E-state index is 13.1. The largest absolute Gasteiger partial charge is 0.452 e. The monoisotopic (exact) mass is 497 g/mol. The van der Waals surface area contributed by atoms with Crippen LogP contribution in [-0.4, -0.2) is 50.8 Å². The van der Waals surface area contributed by atoms with Gasteiger partial charge in [0, 0.05) is 25.3 Å². The Bertz CT molecular complexity index is 1220. The van der Waals surface area contributed by atoms with Crippen LogP contribution in [0, 0.1) is 32.1 Å². The average molecular weight is 498 g/mol. The zero-order valence-electron chi connectivity index (χ0n) is 20.4. The maximum absolute atomic E-state index is 13.1. The van der Waals surface area contributed by atoms with Crippen molar-refractivity contribution < 1.29 is 22.7 Å². The molecule has 3 rings (SSSR count). The van der Waals surface area contributed by atoms with Crippen molar-refractivity contribution >= 4 is 27.6 Å². The first-order valence-electron chi connectivity index (χ1n) is 11.7. The highest BCUT2D eigenvalue weighted by Gasteiger charge is 2.28. The fourth-order valence-electron chi connectivity index (χ4n) is 4.20. The molecule has 0 atom stereocenters. The third kappa shape index (κ3) is 6.47. The molecule has 0 saturated carbocycles. The summed E-state index contributed by atoms with van der Waals surface area (Å²) < 4.78 is 33.0. The molecule has 0 unspecified atom stereocenters. The molecule has 1 amide bonds. The standard InChI is InChI=1S/C26H31N3O5S/c1-19-14-20(2)16-23(15-19)29(13-7-10-27)25(30)18-34-26(31)22-9-8-21(3)24(17-22)35(32,33)28-11-5-4-6-12-28/h8-9,14-17H,4-7,11-13,18H2,1-3H3. The Morgan fingerprint density at radius 3 is 2.31 bits per heavy atom. The number of benzene rings is 2. The summed E-state index contributed by atoms with van der Waals surface area (Å²) in [6.07, 6.45) is 2.75. The number of sulfonamides is 1. The summed E-state index contributed by atoms with van der Waals surface area (Å²) in [5.41, 5.74) is 3.17. The van der Waals surface area contributed by atoms with Crippen LogP contribution in [0.15, 0.2) is 41.3 Å². The third-order valence-corrected chi connectivity index (χ3v) is 7.99. The molecule has 1 fully saturated rings. The summed E-state index contributed by atoms with van der Waals surface area (Å²) >= 11 is 0. The summed E-state index contributed by atoms with van der Waals surface area (Å²) in [7, 11) is -3.73. The first-order chi connectivity index (χ1) is 16.6. The predicted octanol–water partition coefficient (Wildman–Crippen LogP) is 3.89. The SMILES string of the molecule is Cc1cc(C)cc(N(CCC#N)C(=O)COC(=O)c2ccc(C)c(S(=O)(=O)N3CCCCC3)c2)c1. The van der Waals surface area contributed by atoms with Gasteiger partial charge in [0.1, 0.15) is 0 Å². The molecule has 0 N–H and O–H groups in total. The van der Waals surface area contributed by atoms with Crippen LogP contribution in [0.2, 0.25) is 0 Å². The molecule has 0 radical (unpaired) electrons. The van der Waals surface area contributed by atoms with E-state index in [1.54, 1.807) is 13.0 Å². The molecule has 1 aliphatic heterocycles. The summed E-state index contributed by atoms with van der Waals surface area (Å²) in [4.78, 5) is 27.2. The van der Waals surface area contributed by atoms with Crippen molar-refractivity contribution in [3.05, 3.63) is 58.7 Å². The van der Waals surface area contributed by atoms with Crippen molar-refractivity contribution in [1.82, 2.24) is 4.31 Å². The molecule has 186 valence electrons. The molecular formula is C26H31N3O5S. The second-order valence-electron chi connectivity index (χ2n) is 8.82. The Labute approximate surface area is 207 Å². The van der Waals surface area contributed by atoms with E-state index >= 15 is 0 Å². The number of hydrogen-bond donors (Lipinski definition) is 0. The lowest BCUT2D eigenvalue weighted by Crippen LogP contribution is -2.36. The first kappa shape index (κ1) is 26.4. The number of anilines is 1. The highest BCUT2D eigenvalue weighted by molar-refractivity contribution is 7.89. The number of nitrogens with zero attached hydrogens (tertiary/aromatic N) is 3. The number of carbonyl (C=O) groups is 2. The molecule has 1 aliphatic rings. The van der Waals surface area contributed by atoms with Crippen LogP contribution in [0.5, 0.6) is 0 Å². The predicted molar refractivity (Wildman–Crippen MR) is 133 cm³/mol. The Hall–Kier alpha value is -3.22. The summed E-state index contributed by atoms with van der Waals surface area (Å²) in [6, 6.07) is 12.1. The van der Waals surface area contributed by atoms with Gasteiger partial charge in [0.2, 0.25) is 10.0 Å². The van der Waals surface area contributed by atoms with Crippen LogP contribution in [0.1, 0.15) is 52.7 Å². The van der Waals surface area contributed by atoms with E-state index < -0.39 is 28.5 Å². The molecule has 2 aromatic rings. The molecule has 1 heterocycles. The van der Waals surface area contributed by atoms with Gasteiger partial charge in [0.05, 0.1) is 22.9 Å². The number of aryl methyl sites for hydroxylation is 3. The minimum absolute atomic E-state index is 0.0639. The fourth-order valence-corrected chi connectivity index (χ4v) is 5.97. The molecule has 8 nitrogen and oxygen atoms in total. The Morgan fingerprint density at radius 2 is 1.69 bits per heavy atom. The van der Waals surface area contributed by atoms with Crippen LogP contribution < -0.4 is 4.90 Å². The van der Waals surface area contributed by atoms with Crippen molar-refractivity contribution in [3.63, 3.8) is 0 Å². The Morgan fingerprint density at radius 1 is 1.03 bits per heavy atom. The van der Waals surface area contributed by atoms with Gasteiger partial charge in [-0.1, -0.05) is 18.6 Å². The van der Waals surface area contributed by atoms with E-state index in [4.69, 9.17) is 10.00 Å². The number of amides is 1. The van der Waals surface area contributed by atoms with Gasteiger partial charge in [-0.05, 0) is 74.6 Å². The molecule has 35 heavy (non-hydrogen) atoms. The van der Waals surface area contributed by atoms with E-state index in [0.717, 1.165) is 30.4 Å². The molecule has 0 aromatic heterocycles. The quantitative estimate of drug-likeness (QED) is 0.512. The van der Waals surface area contributed by atoms with Gasteiger partial charge in [-0.15, -0.1) is 0 Å². The number of piperidine rings is 1. The lowest BCUT2D eigenvalue weighted by atomic mass is 10.1. The second-order valence-corrected chi connectivity index (χ2v) is 10.7. The van der Waals surface area contributed by atoms with Crippen LogP contribution in [-0.2, 0) is 19.6 Å². The summed E-state index contributed by atoms with van der Waals surface area (Å²) in [5.74, 6) is -1.25. The first-order valence-corrected chi connectivity index (χ1v) is 13.1. The number of carbonyl (C=O) groups excluding carboxylic acids is 2. The van der Waals surface area contributed by atoms with Gasteiger partial charge in [-0.3, -0.25) is 4.79 Å². The lowest BCUT2D eigenvalue weighted by molar-refractivity contribution is -0.121. The molecule has 0 spiro atoms. The van der Waals surface area contributed by atoms with Gasteiger partial charge < -0.3 is 9.64 Å². The van der Waals surface area contributed by atoms with Crippen LogP contribution in [0.4, 0.5) is 5.69 Å². The van der Waals surface area contributed by atoms with E-state index in [1.807, 2.05) is 38.1 Å². The fraction of sp³-hybridized carbons (Fsp3) is 0.423. The Balaban J connectivity index is 1.76. The summed E-state index contributed by atoms with van der Waals surface area (Å²) in [6.45, 7) is 6.07. The van der Waals surface area contributed by atoms with Crippen molar-refractivity contribution in [3.8, 4) is 6.07 Å². The zero-order valence-corrected chi connectivity index (χ0v) is 21.2. The second kappa shape index (κ2) is 11.5. The smallest absolute Gasteiger partial charge is 0.338 e. The van der Waals surface area contributed by atoms with Crippen LogP contribution in [0.3, 0.4) is 0 Å². The van der Waals surface area contributed by atoms with Gasteiger partial charge in [-0.25, -0.2) is 13.2 Å². The zero-order chi connectivity index (χ0) is 25.6. The minimum atomic E-state index is -3.73. The average Bonchev–Trinajstić information content (AvgIpc) is 2.83. The number of rotatable bonds is 8. The number of ether oxygens (including phenoxy) is 1. The molecule has 9 heteroatoms. The number of esters is 1. The highest BCUT2D eigenvalue weighted by atomic mass is 32.2. The normalized spacial score (nSPS) is 14.2. The van der Waals surface area contributed by atoms with E-state index in [1.165, 1.54) is 21.3 Å². The van der Waals surface area contributed by atoms with E-state index in [9.17, 15) is 18.0 Å². The molecular weight excluding hydrogens is 466 g/mol. The maximum Gasteiger partial charge on any atom is 0.338 e. The number of nitriles is 1. The van der Waals surface area contributed by atoms with Gasteiger partial charge >= 0.3 is 5.97 Å². The van der Waals surface area contributed by atoms with Crippen molar-refractivity contribution in [1.29, 1.82) is 5.26 Å². The highest BCUT2D eigenvalue weighted by Crippen LogP contribution is 2.25. The van der Waals surface area contributed by atoms with E-state index in [0.29, 0.717) is 24.3 Å². The molecule has 0 bridgehead atoms. The topological polar surface area (TPSA) is 108 Å². The summed E-state index contributed by atoms with van der Waals surface area (Å²) in [5, 5.41) is 9.00. The van der Waals surface area contributed by atoms with Crippen LogP contribution in [0.25, 0.3) is 0 Å². The molecule has 1 saturated heterocycles. The van der Waals surface area contributed by atoms with Crippen LogP contribution >= 0.6 is 0 Å².